The fraction of sp³-hybridized carbons (Fsp3) is 0.636. The van der Waals surface area contributed by atoms with Crippen molar-refractivity contribution in [1.82, 2.24) is 9.97 Å². The van der Waals surface area contributed by atoms with Crippen molar-refractivity contribution < 1.29 is 4.74 Å². The van der Waals surface area contributed by atoms with Crippen LogP contribution in [-0.4, -0.2) is 36.7 Å². The Morgan fingerprint density at radius 1 is 1.44 bits per heavy atom. The van der Waals surface area contributed by atoms with E-state index in [-0.39, 0.29) is 0 Å². The van der Waals surface area contributed by atoms with Gasteiger partial charge in [-0.2, -0.15) is 4.98 Å². The summed E-state index contributed by atoms with van der Waals surface area (Å²) < 4.78 is 5.38. The van der Waals surface area contributed by atoms with Crippen molar-refractivity contribution in [3.63, 3.8) is 0 Å². The number of nitrogens with zero attached hydrogens (tertiary/aromatic N) is 3. The quantitative estimate of drug-likeness (QED) is 0.780. The Morgan fingerprint density at radius 2 is 2.19 bits per heavy atom. The lowest BCUT2D eigenvalue weighted by Crippen LogP contribution is -2.22. The molecule has 16 heavy (non-hydrogen) atoms. The minimum atomic E-state index is 0.613. The normalized spacial score (nSPS) is 10.2. The molecule has 0 amide bonds. The Labute approximate surface area is 96.6 Å². The van der Waals surface area contributed by atoms with Gasteiger partial charge < -0.3 is 15.4 Å². The predicted octanol–water partition coefficient (Wildman–Crippen LogP) is 0.969. The molecule has 0 saturated carbocycles. The van der Waals surface area contributed by atoms with Crippen LogP contribution in [0.3, 0.4) is 0 Å². The van der Waals surface area contributed by atoms with Gasteiger partial charge in [0.1, 0.15) is 11.6 Å². The van der Waals surface area contributed by atoms with Gasteiger partial charge in [-0.1, -0.05) is 0 Å². The first kappa shape index (κ1) is 12.7. The number of hydrogen-bond acceptors (Lipinski definition) is 5. The van der Waals surface area contributed by atoms with E-state index in [1.54, 1.807) is 0 Å². The van der Waals surface area contributed by atoms with Crippen LogP contribution in [0.25, 0.3) is 0 Å². The minimum Gasteiger partial charge on any atom is -0.478 e. The SMILES string of the molecule is CCOc1cc(N(C)CCCN)nc(C)n1. The average Bonchev–Trinajstić information content (AvgIpc) is 2.25. The van der Waals surface area contributed by atoms with Crippen LogP contribution in [0.4, 0.5) is 5.82 Å². The molecule has 0 spiro atoms. The molecule has 0 aliphatic rings. The summed E-state index contributed by atoms with van der Waals surface area (Å²) in [6, 6.07) is 1.85. The van der Waals surface area contributed by atoms with E-state index >= 15 is 0 Å². The van der Waals surface area contributed by atoms with Crippen molar-refractivity contribution in [2.24, 2.45) is 5.73 Å². The largest absolute Gasteiger partial charge is 0.478 e. The molecule has 2 N–H and O–H groups in total. The topological polar surface area (TPSA) is 64.3 Å². The van der Waals surface area contributed by atoms with Gasteiger partial charge in [-0.25, -0.2) is 4.98 Å². The highest BCUT2D eigenvalue weighted by atomic mass is 16.5. The maximum Gasteiger partial charge on any atom is 0.218 e. The standard InChI is InChI=1S/C11H20N4O/c1-4-16-11-8-10(13-9(2)14-11)15(3)7-5-6-12/h8H,4-7,12H2,1-3H3. The monoisotopic (exact) mass is 224 g/mol. The Morgan fingerprint density at radius 3 is 2.81 bits per heavy atom. The number of aryl methyl sites for hydroxylation is 1. The van der Waals surface area contributed by atoms with E-state index in [4.69, 9.17) is 10.5 Å². The molecule has 0 aliphatic heterocycles. The molecule has 5 heteroatoms. The second-order valence-electron chi connectivity index (χ2n) is 3.61. The number of anilines is 1. The average molecular weight is 224 g/mol. The first-order chi connectivity index (χ1) is 7.67. The fourth-order valence-corrected chi connectivity index (χ4v) is 1.39. The molecule has 5 nitrogen and oxygen atoms in total. The summed E-state index contributed by atoms with van der Waals surface area (Å²) in [7, 11) is 1.99. The van der Waals surface area contributed by atoms with Crippen molar-refractivity contribution in [3.8, 4) is 5.88 Å². The van der Waals surface area contributed by atoms with Gasteiger partial charge >= 0.3 is 0 Å². The molecular weight excluding hydrogens is 204 g/mol. The highest BCUT2D eigenvalue weighted by Crippen LogP contribution is 2.16. The van der Waals surface area contributed by atoms with Crippen molar-refractivity contribution in [2.45, 2.75) is 20.3 Å². The summed E-state index contributed by atoms with van der Waals surface area (Å²) in [5.74, 6) is 2.23. The van der Waals surface area contributed by atoms with Crippen molar-refractivity contribution >= 4 is 5.82 Å². The predicted molar refractivity (Wildman–Crippen MR) is 64.9 cm³/mol. The molecule has 0 bridgehead atoms. The van der Waals surface area contributed by atoms with Crippen LogP contribution in [0.1, 0.15) is 19.2 Å². The third-order valence-electron chi connectivity index (χ3n) is 2.18. The number of ether oxygens (including phenoxy) is 1. The second-order valence-corrected chi connectivity index (χ2v) is 3.61. The van der Waals surface area contributed by atoms with E-state index in [1.807, 2.05) is 27.0 Å². The van der Waals surface area contributed by atoms with Gasteiger partial charge in [0, 0.05) is 19.7 Å². The molecule has 0 fully saturated rings. The molecule has 1 rings (SSSR count). The highest BCUT2D eigenvalue weighted by Gasteiger charge is 2.06. The van der Waals surface area contributed by atoms with E-state index < -0.39 is 0 Å². The van der Waals surface area contributed by atoms with Crippen LogP contribution in [0, 0.1) is 6.92 Å². The van der Waals surface area contributed by atoms with Gasteiger partial charge in [-0.15, -0.1) is 0 Å². The summed E-state index contributed by atoms with van der Waals surface area (Å²) in [5, 5.41) is 0. The Kier molecular flexibility index (Phi) is 4.98. The Hall–Kier alpha value is -1.36. The van der Waals surface area contributed by atoms with Gasteiger partial charge in [0.15, 0.2) is 0 Å². The van der Waals surface area contributed by atoms with Crippen LogP contribution >= 0.6 is 0 Å². The molecule has 0 aliphatic carbocycles. The zero-order valence-corrected chi connectivity index (χ0v) is 10.2. The second kappa shape index (κ2) is 6.27. The van der Waals surface area contributed by atoms with Gasteiger partial charge in [-0.3, -0.25) is 0 Å². The molecular formula is C11H20N4O. The molecule has 1 heterocycles. The zero-order valence-electron chi connectivity index (χ0n) is 10.2. The van der Waals surface area contributed by atoms with Crippen LogP contribution < -0.4 is 15.4 Å². The van der Waals surface area contributed by atoms with E-state index in [9.17, 15) is 0 Å². The van der Waals surface area contributed by atoms with Gasteiger partial charge in [0.25, 0.3) is 0 Å². The van der Waals surface area contributed by atoms with Gasteiger partial charge in [-0.05, 0) is 26.8 Å². The lowest BCUT2D eigenvalue weighted by molar-refractivity contribution is 0.325. The van der Waals surface area contributed by atoms with Crippen molar-refractivity contribution in [3.05, 3.63) is 11.9 Å². The third kappa shape index (κ3) is 3.66. The Balaban J connectivity index is 2.78. The van der Waals surface area contributed by atoms with Crippen LogP contribution in [-0.2, 0) is 0 Å². The third-order valence-corrected chi connectivity index (χ3v) is 2.18. The zero-order chi connectivity index (χ0) is 12.0. The van der Waals surface area contributed by atoms with Crippen molar-refractivity contribution in [2.75, 3.05) is 31.6 Å². The first-order valence-electron chi connectivity index (χ1n) is 5.57. The smallest absolute Gasteiger partial charge is 0.218 e. The molecule has 0 saturated heterocycles. The molecule has 1 aromatic heterocycles. The number of hydrogen-bond donors (Lipinski definition) is 1. The summed E-state index contributed by atoms with van der Waals surface area (Å²) >= 11 is 0. The van der Waals surface area contributed by atoms with Gasteiger partial charge in [0.2, 0.25) is 5.88 Å². The Bertz CT molecular complexity index is 330. The number of aromatic nitrogens is 2. The van der Waals surface area contributed by atoms with E-state index in [2.05, 4.69) is 14.9 Å². The van der Waals surface area contributed by atoms with E-state index in [0.717, 1.165) is 24.6 Å². The lowest BCUT2D eigenvalue weighted by Gasteiger charge is -2.18. The molecule has 0 aromatic carbocycles. The first-order valence-corrected chi connectivity index (χ1v) is 5.57. The molecule has 0 radical (unpaired) electrons. The summed E-state index contributed by atoms with van der Waals surface area (Å²) in [4.78, 5) is 10.6. The fourth-order valence-electron chi connectivity index (χ4n) is 1.39. The van der Waals surface area contributed by atoms with Gasteiger partial charge in [0.05, 0.1) is 6.61 Å². The van der Waals surface area contributed by atoms with Crippen LogP contribution in [0.2, 0.25) is 0 Å². The van der Waals surface area contributed by atoms with Crippen LogP contribution in [0.15, 0.2) is 6.07 Å². The molecule has 0 atom stereocenters. The summed E-state index contributed by atoms with van der Waals surface area (Å²) in [5.41, 5.74) is 5.48. The summed E-state index contributed by atoms with van der Waals surface area (Å²) in [6.07, 6.45) is 0.948. The molecule has 0 unspecified atom stereocenters. The lowest BCUT2D eigenvalue weighted by atomic mass is 10.4. The minimum absolute atomic E-state index is 0.613. The van der Waals surface area contributed by atoms with Crippen molar-refractivity contribution in [1.29, 1.82) is 0 Å². The van der Waals surface area contributed by atoms with Crippen LogP contribution in [0.5, 0.6) is 5.88 Å². The molecule has 90 valence electrons. The maximum atomic E-state index is 5.48. The van der Waals surface area contributed by atoms with E-state index in [1.165, 1.54) is 0 Å². The van der Waals surface area contributed by atoms with E-state index in [0.29, 0.717) is 19.0 Å². The number of rotatable bonds is 6. The highest BCUT2D eigenvalue weighted by molar-refractivity contribution is 5.40. The summed E-state index contributed by atoms with van der Waals surface area (Å²) in [6.45, 7) is 5.99. The number of nitrogens with two attached hydrogens (primary N) is 1. The maximum absolute atomic E-state index is 5.48. The molecule has 1 aromatic rings.